The van der Waals surface area contributed by atoms with E-state index in [2.05, 4.69) is 32.6 Å². The van der Waals surface area contributed by atoms with Crippen molar-refractivity contribution in [2.24, 2.45) is 0 Å². The zero-order valence-corrected chi connectivity index (χ0v) is 41.9. The third kappa shape index (κ3) is 18.1. The van der Waals surface area contributed by atoms with Gasteiger partial charge in [-0.1, -0.05) is 109 Å². The Morgan fingerprint density at radius 3 is 1.24 bits per heavy atom. The summed E-state index contributed by atoms with van der Waals surface area (Å²) in [6, 6.07) is 46.3. The summed E-state index contributed by atoms with van der Waals surface area (Å²) in [6.07, 6.45) is 4.73. The lowest BCUT2D eigenvalue weighted by molar-refractivity contribution is 0.0942. The van der Waals surface area contributed by atoms with Crippen molar-refractivity contribution in [3.63, 3.8) is 0 Å². The summed E-state index contributed by atoms with van der Waals surface area (Å²) in [6.45, 7) is 6.68. The van der Waals surface area contributed by atoms with E-state index in [1.807, 2.05) is 72.8 Å². The molecule has 2 saturated heterocycles. The fourth-order valence-electron chi connectivity index (χ4n) is 9.49. The van der Waals surface area contributed by atoms with Gasteiger partial charge in [-0.3, -0.25) is 4.21 Å². The molecule has 0 bridgehead atoms. The van der Waals surface area contributed by atoms with Gasteiger partial charge < -0.3 is 30.6 Å². The molecule has 0 amide bonds. The van der Waals surface area contributed by atoms with Crippen molar-refractivity contribution < 1.29 is 32.0 Å². The molecular weight excluding hydrogens is 941 g/mol. The van der Waals surface area contributed by atoms with Crippen molar-refractivity contribution in [3.8, 4) is 0 Å². The summed E-state index contributed by atoms with van der Waals surface area (Å²) in [4.78, 5) is 4.67. The molecule has 2 fully saturated rings. The molecule has 0 radical (unpaired) electrons. The second-order valence-electron chi connectivity index (χ2n) is 18.7. The van der Waals surface area contributed by atoms with Crippen LogP contribution in [0.25, 0.3) is 0 Å². The van der Waals surface area contributed by atoms with E-state index >= 15 is 0 Å². The third-order valence-electron chi connectivity index (χ3n) is 13.3. The van der Waals surface area contributed by atoms with Crippen LogP contribution in [0.4, 0.5) is 17.6 Å². The molecule has 6 aromatic rings. The zero-order chi connectivity index (χ0) is 49.8. The fourth-order valence-corrected chi connectivity index (χ4v) is 12.1. The number of aliphatic hydroxyl groups is 2. The van der Waals surface area contributed by atoms with E-state index in [4.69, 9.17) is 0 Å². The van der Waals surface area contributed by atoms with Gasteiger partial charge in [0.15, 0.2) is 0 Å². The van der Waals surface area contributed by atoms with Crippen molar-refractivity contribution >= 4 is 22.6 Å². The van der Waals surface area contributed by atoms with Gasteiger partial charge >= 0.3 is 0 Å². The highest BCUT2D eigenvalue weighted by Crippen LogP contribution is 2.36. The Hall–Kier alpha value is -4.70. The first kappa shape index (κ1) is 54.1. The Morgan fingerprint density at radius 2 is 0.859 bits per heavy atom. The van der Waals surface area contributed by atoms with Crippen molar-refractivity contribution in [1.82, 2.24) is 20.4 Å². The quantitative estimate of drug-likeness (QED) is 0.0396. The van der Waals surface area contributed by atoms with Gasteiger partial charge in [-0.05, 0) is 147 Å². The van der Waals surface area contributed by atoms with Gasteiger partial charge in [0.25, 0.3) is 0 Å². The molecule has 2 heterocycles. The normalized spacial score (nSPS) is 16.4. The lowest BCUT2D eigenvalue weighted by Gasteiger charge is -2.33. The van der Waals surface area contributed by atoms with Gasteiger partial charge in [-0.2, -0.15) is 0 Å². The lowest BCUT2D eigenvalue weighted by Crippen LogP contribution is -2.45. The standard InChI is InChI=1S/C29H34F2N2O2S.C29H34F2N2OS/c30-25-10-6-23(7-11-25)29(24-8-12-26(31)13-9-24)36(35)19-16-32-27-14-17-33(18-15-27)21-28(34)20-22-4-2-1-3-5-22;30-25-10-6-23(7-11-25)29(24-8-12-26(31)13-9-24)35-19-16-32-27-14-17-33(18-15-27)21-28(34)20-22-4-2-1-3-5-22/h1-13,27-29,32,34H,14-21H2;1-13,27-29,32,34H,14-21H2. The van der Waals surface area contributed by atoms with Crippen LogP contribution in [-0.2, 0) is 23.6 Å². The number of β-amino-alcohol motifs (C(OH)–C–C–N with tert-alkyl or cyclic N) is 2. The Balaban J connectivity index is 0.000000209. The minimum atomic E-state index is -1.26. The molecule has 8 rings (SSSR count). The molecule has 0 aliphatic carbocycles. The number of thioether (sulfide) groups is 1. The molecule has 0 saturated carbocycles. The second-order valence-corrected chi connectivity index (χ2v) is 21.5. The predicted octanol–water partition coefficient (Wildman–Crippen LogP) is 9.91. The van der Waals surface area contributed by atoms with E-state index in [0.717, 1.165) is 92.0 Å². The highest BCUT2D eigenvalue weighted by atomic mass is 32.2. The molecule has 4 N–H and O–H groups in total. The first-order valence-electron chi connectivity index (χ1n) is 24.9. The van der Waals surface area contributed by atoms with Crippen LogP contribution in [0.5, 0.6) is 0 Å². The van der Waals surface area contributed by atoms with Crippen molar-refractivity contribution in [1.29, 1.82) is 0 Å². The number of benzene rings is 6. The molecule has 6 aromatic carbocycles. The van der Waals surface area contributed by atoms with Crippen LogP contribution >= 0.6 is 11.8 Å². The minimum Gasteiger partial charge on any atom is -0.391 e. The van der Waals surface area contributed by atoms with Crippen molar-refractivity contribution in [2.45, 2.75) is 73.3 Å². The highest BCUT2D eigenvalue weighted by molar-refractivity contribution is 7.99. The number of nitrogens with one attached hydrogen (secondary N) is 2. The summed E-state index contributed by atoms with van der Waals surface area (Å²) in [5.41, 5.74) is 5.87. The number of hydrogen-bond acceptors (Lipinski definition) is 8. The zero-order valence-electron chi connectivity index (χ0n) is 40.3. The molecular formula is C58H68F4N4O3S2. The third-order valence-corrected chi connectivity index (χ3v) is 16.2. The van der Waals surface area contributed by atoms with Crippen molar-refractivity contribution in [2.75, 3.05) is 63.9 Å². The van der Waals surface area contributed by atoms with Gasteiger partial charge in [0.2, 0.25) is 0 Å². The number of aliphatic hydroxyl groups excluding tert-OH is 2. The first-order valence-corrected chi connectivity index (χ1v) is 27.3. The number of piperidine rings is 2. The summed E-state index contributed by atoms with van der Waals surface area (Å²) in [5, 5.41) is 27.7. The van der Waals surface area contributed by atoms with E-state index in [1.54, 1.807) is 36.0 Å². The largest absolute Gasteiger partial charge is 0.391 e. The lowest BCUT2D eigenvalue weighted by atomic mass is 10.0. The Bertz CT molecular complexity index is 2350. The van der Waals surface area contributed by atoms with Crippen LogP contribution in [-0.4, -0.2) is 112 Å². The summed E-state index contributed by atoms with van der Waals surface area (Å²) in [5.74, 6) is 0.144. The van der Waals surface area contributed by atoms with Crippen LogP contribution in [0, 0.1) is 23.3 Å². The van der Waals surface area contributed by atoms with E-state index in [9.17, 15) is 32.0 Å². The minimum absolute atomic E-state index is 0.0333. The molecule has 378 valence electrons. The summed E-state index contributed by atoms with van der Waals surface area (Å²) >= 11 is 1.79. The SMILES string of the molecule is O=S(CCNC1CCN(CC(O)Cc2ccccc2)CC1)C(c1ccc(F)cc1)c1ccc(F)cc1.OC(Cc1ccccc1)CN1CCC(NCCSC(c2ccc(F)cc2)c2ccc(F)cc2)CC1. The first-order chi connectivity index (χ1) is 34.5. The summed E-state index contributed by atoms with van der Waals surface area (Å²) < 4.78 is 67.1. The van der Waals surface area contributed by atoms with Gasteiger partial charge in [-0.15, -0.1) is 11.8 Å². The Morgan fingerprint density at radius 1 is 0.507 bits per heavy atom. The predicted molar refractivity (Wildman–Crippen MR) is 282 cm³/mol. The van der Waals surface area contributed by atoms with Crippen LogP contribution in [0.15, 0.2) is 158 Å². The Labute approximate surface area is 424 Å². The number of halogens is 4. The average molecular weight is 1010 g/mol. The molecule has 71 heavy (non-hydrogen) atoms. The van der Waals surface area contributed by atoms with E-state index in [1.165, 1.54) is 54.1 Å². The number of rotatable bonds is 22. The monoisotopic (exact) mass is 1010 g/mol. The van der Waals surface area contributed by atoms with Gasteiger partial charge in [0, 0.05) is 60.6 Å². The maximum absolute atomic E-state index is 13.5. The molecule has 3 unspecified atom stereocenters. The highest BCUT2D eigenvalue weighted by Gasteiger charge is 2.25. The van der Waals surface area contributed by atoms with Gasteiger partial charge in [-0.25, -0.2) is 17.6 Å². The van der Waals surface area contributed by atoms with Gasteiger partial charge in [0.1, 0.15) is 23.3 Å². The molecule has 0 spiro atoms. The molecule has 0 aromatic heterocycles. The average Bonchev–Trinajstić information content (AvgIpc) is 3.38. The second kappa shape index (κ2) is 28.5. The van der Waals surface area contributed by atoms with Crippen LogP contribution < -0.4 is 10.6 Å². The summed E-state index contributed by atoms with van der Waals surface area (Å²) in [7, 11) is -1.26. The maximum Gasteiger partial charge on any atom is 0.123 e. The molecule has 2 aliphatic heterocycles. The fraction of sp³-hybridized carbons (Fsp3) is 0.379. The van der Waals surface area contributed by atoms with E-state index in [0.29, 0.717) is 50.3 Å². The van der Waals surface area contributed by atoms with Crippen LogP contribution in [0.1, 0.15) is 69.6 Å². The maximum atomic E-state index is 13.5. The number of likely N-dealkylation sites (tertiary alicyclic amines) is 2. The Kier molecular flexibility index (Phi) is 21.7. The number of nitrogens with zero attached hydrogens (tertiary/aromatic N) is 2. The van der Waals surface area contributed by atoms with E-state index < -0.39 is 16.0 Å². The van der Waals surface area contributed by atoms with E-state index in [-0.39, 0.29) is 40.7 Å². The number of hydrogen-bond donors (Lipinski definition) is 4. The smallest absolute Gasteiger partial charge is 0.123 e. The van der Waals surface area contributed by atoms with Crippen LogP contribution in [0.3, 0.4) is 0 Å². The molecule has 2 aliphatic rings. The molecule has 7 nitrogen and oxygen atoms in total. The molecule has 3 atom stereocenters. The topological polar surface area (TPSA) is 88.1 Å². The van der Waals surface area contributed by atoms with Crippen LogP contribution in [0.2, 0.25) is 0 Å². The van der Waals surface area contributed by atoms with Crippen molar-refractivity contribution in [3.05, 3.63) is 214 Å². The van der Waals surface area contributed by atoms with Gasteiger partial charge in [0.05, 0.1) is 22.7 Å². The molecule has 13 heteroatoms.